The summed E-state index contributed by atoms with van der Waals surface area (Å²) in [6.07, 6.45) is 0.816. The number of methoxy groups -OCH3 is 1. The number of nitrogens with one attached hydrogen (secondary N) is 1. The average Bonchev–Trinajstić information content (AvgIpc) is 3.47. The summed E-state index contributed by atoms with van der Waals surface area (Å²) in [5, 5.41) is 3.05. The highest BCUT2D eigenvalue weighted by molar-refractivity contribution is 5.97. The molecular weight excluding hydrogens is 322 g/mol. The maximum atomic E-state index is 13.0. The zero-order valence-electron chi connectivity index (χ0n) is 14.7. The van der Waals surface area contributed by atoms with Crippen LogP contribution in [0.15, 0.2) is 84.9 Å². The van der Waals surface area contributed by atoms with Gasteiger partial charge in [0.05, 0.1) is 13.0 Å². The molecule has 1 aliphatic carbocycles. The standard InChI is InChI=1S/C23H21NO2/c1-26-20-14-8-13-19(15-20)24-22(25)21-16-23(21,17-9-4-2-5-10-17)18-11-6-3-7-12-18/h2-15,21H,16H2,1H3,(H,24,25). The number of carbonyl (C=O) groups excluding carboxylic acids is 1. The van der Waals surface area contributed by atoms with Gasteiger partial charge in [-0.05, 0) is 29.7 Å². The number of benzene rings is 3. The molecule has 1 amide bonds. The first-order valence-corrected chi connectivity index (χ1v) is 8.80. The predicted molar refractivity (Wildman–Crippen MR) is 103 cm³/mol. The van der Waals surface area contributed by atoms with E-state index in [9.17, 15) is 4.79 Å². The van der Waals surface area contributed by atoms with Crippen molar-refractivity contribution in [2.24, 2.45) is 5.92 Å². The molecule has 130 valence electrons. The molecule has 3 aromatic carbocycles. The van der Waals surface area contributed by atoms with Crippen LogP contribution < -0.4 is 10.1 Å². The van der Waals surface area contributed by atoms with E-state index in [1.807, 2.05) is 60.7 Å². The quantitative estimate of drug-likeness (QED) is 0.733. The Morgan fingerprint density at radius 1 is 0.923 bits per heavy atom. The topological polar surface area (TPSA) is 38.3 Å². The zero-order valence-corrected chi connectivity index (χ0v) is 14.7. The van der Waals surface area contributed by atoms with Crippen LogP contribution in [0.25, 0.3) is 0 Å². The monoisotopic (exact) mass is 343 g/mol. The molecule has 0 heterocycles. The highest BCUT2D eigenvalue weighted by Crippen LogP contribution is 2.59. The molecule has 4 rings (SSSR count). The number of hydrogen-bond acceptors (Lipinski definition) is 2. The van der Waals surface area contributed by atoms with Crippen molar-refractivity contribution in [2.45, 2.75) is 11.8 Å². The van der Waals surface area contributed by atoms with Gasteiger partial charge in [-0.2, -0.15) is 0 Å². The normalized spacial score (nSPS) is 17.3. The van der Waals surface area contributed by atoms with Gasteiger partial charge in [-0.25, -0.2) is 0 Å². The largest absolute Gasteiger partial charge is 0.497 e. The Bertz CT molecular complexity index is 866. The molecule has 0 aliphatic heterocycles. The number of carbonyl (C=O) groups is 1. The molecule has 0 radical (unpaired) electrons. The number of hydrogen-bond donors (Lipinski definition) is 1. The van der Waals surface area contributed by atoms with Gasteiger partial charge in [0, 0.05) is 17.2 Å². The average molecular weight is 343 g/mol. The lowest BCUT2D eigenvalue weighted by Gasteiger charge is -2.19. The summed E-state index contributed by atoms with van der Waals surface area (Å²) in [5.41, 5.74) is 2.90. The number of ether oxygens (including phenoxy) is 1. The van der Waals surface area contributed by atoms with Crippen LogP contribution in [0.1, 0.15) is 17.5 Å². The summed E-state index contributed by atoms with van der Waals surface area (Å²) in [6, 6.07) is 28.1. The maximum absolute atomic E-state index is 13.0. The third-order valence-electron chi connectivity index (χ3n) is 5.19. The summed E-state index contributed by atoms with van der Waals surface area (Å²) in [5.74, 6) is 0.695. The Morgan fingerprint density at radius 2 is 1.54 bits per heavy atom. The molecule has 1 aliphatic rings. The number of amides is 1. The van der Waals surface area contributed by atoms with E-state index in [1.54, 1.807) is 7.11 Å². The zero-order chi connectivity index (χ0) is 18.0. The molecule has 0 aromatic heterocycles. The van der Waals surface area contributed by atoms with Crippen LogP contribution in [0.2, 0.25) is 0 Å². The highest BCUT2D eigenvalue weighted by atomic mass is 16.5. The molecule has 1 atom stereocenters. The van der Waals surface area contributed by atoms with Gasteiger partial charge in [-0.1, -0.05) is 66.7 Å². The molecule has 3 aromatic rings. The van der Waals surface area contributed by atoms with Crippen molar-refractivity contribution >= 4 is 11.6 Å². The van der Waals surface area contributed by atoms with Crippen LogP contribution in [0, 0.1) is 5.92 Å². The fourth-order valence-corrected chi connectivity index (χ4v) is 3.79. The van der Waals surface area contributed by atoms with Crippen molar-refractivity contribution in [1.29, 1.82) is 0 Å². The SMILES string of the molecule is COc1cccc(NC(=O)C2CC2(c2ccccc2)c2ccccc2)c1. The first-order valence-electron chi connectivity index (χ1n) is 8.80. The minimum atomic E-state index is -0.245. The van der Waals surface area contributed by atoms with E-state index in [0.717, 1.165) is 17.9 Å². The summed E-state index contributed by atoms with van der Waals surface area (Å²) in [4.78, 5) is 13.0. The van der Waals surface area contributed by atoms with Crippen LogP contribution >= 0.6 is 0 Å². The van der Waals surface area contributed by atoms with Gasteiger partial charge in [0.2, 0.25) is 5.91 Å². The fourth-order valence-electron chi connectivity index (χ4n) is 3.79. The summed E-state index contributed by atoms with van der Waals surface area (Å²) < 4.78 is 5.24. The van der Waals surface area contributed by atoms with Gasteiger partial charge in [0.1, 0.15) is 5.75 Å². The van der Waals surface area contributed by atoms with Crippen LogP contribution in [0.3, 0.4) is 0 Å². The van der Waals surface area contributed by atoms with Crippen molar-refractivity contribution in [2.75, 3.05) is 12.4 Å². The Morgan fingerprint density at radius 3 is 2.12 bits per heavy atom. The second-order valence-corrected chi connectivity index (χ2v) is 6.68. The lowest BCUT2D eigenvalue weighted by atomic mass is 9.85. The molecule has 0 saturated heterocycles. The predicted octanol–water partition coefficient (Wildman–Crippen LogP) is 4.64. The van der Waals surface area contributed by atoms with Gasteiger partial charge < -0.3 is 10.1 Å². The van der Waals surface area contributed by atoms with E-state index in [1.165, 1.54) is 11.1 Å². The van der Waals surface area contributed by atoms with Gasteiger partial charge in [0.25, 0.3) is 0 Å². The minimum Gasteiger partial charge on any atom is -0.497 e. The van der Waals surface area contributed by atoms with E-state index in [4.69, 9.17) is 4.74 Å². The van der Waals surface area contributed by atoms with Crippen molar-refractivity contribution in [3.63, 3.8) is 0 Å². The van der Waals surface area contributed by atoms with E-state index in [2.05, 4.69) is 29.6 Å². The molecular formula is C23H21NO2. The van der Waals surface area contributed by atoms with Gasteiger partial charge >= 0.3 is 0 Å². The van der Waals surface area contributed by atoms with Crippen molar-refractivity contribution in [1.82, 2.24) is 0 Å². The summed E-state index contributed by atoms with van der Waals surface area (Å²) >= 11 is 0. The molecule has 26 heavy (non-hydrogen) atoms. The number of anilines is 1. The van der Waals surface area contributed by atoms with Crippen molar-refractivity contribution in [3.05, 3.63) is 96.1 Å². The van der Waals surface area contributed by atoms with Crippen molar-refractivity contribution < 1.29 is 9.53 Å². The van der Waals surface area contributed by atoms with E-state index in [0.29, 0.717) is 0 Å². The molecule has 1 unspecified atom stereocenters. The number of rotatable bonds is 5. The first kappa shape index (κ1) is 16.4. The Hall–Kier alpha value is -3.07. The van der Waals surface area contributed by atoms with Gasteiger partial charge in [-0.15, -0.1) is 0 Å². The molecule has 3 heteroatoms. The second-order valence-electron chi connectivity index (χ2n) is 6.68. The summed E-state index contributed by atoms with van der Waals surface area (Å²) in [7, 11) is 1.62. The Balaban J connectivity index is 1.63. The van der Waals surface area contributed by atoms with Gasteiger partial charge in [0.15, 0.2) is 0 Å². The fraction of sp³-hybridized carbons (Fsp3) is 0.174. The molecule has 1 fully saturated rings. The highest BCUT2D eigenvalue weighted by Gasteiger charge is 2.60. The first-order chi connectivity index (χ1) is 12.7. The molecule has 0 spiro atoms. The molecule has 3 nitrogen and oxygen atoms in total. The van der Waals surface area contributed by atoms with Crippen LogP contribution in [-0.4, -0.2) is 13.0 Å². The molecule has 1 saturated carbocycles. The second kappa shape index (κ2) is 6.68. The third-order valence-corrected chi connectivity index (χ3v) is 5.19. The van der Waals surface area contributed by atoms with Crippen LogP contribution in [0.5, 0.6) is 5.75 Å². The Kier molecular flexibility index (Phi) is 4.21. The van der Waals surface area contributed by atoms with E-state index in [-0.39, 0.29) is 17.2 Å². The minimum absolute atomic E-state index is 0.0472. The van der Waals surface area contributed by atoms with E-state index >= 15 is 0 Å². The van der Waals surface area contributed by atoms with Crippen molar-refractivity contribution in [3.8, 4) is 5.75 Å². The molecule has 0 bridgehead atoms. The lowest BCUT2D eigenvalue weighted by molar-refractivity contribution is -0.117. The van der Waals surface area contributed by atoms with Crippen LogP contribution in [0.4, 0.5) is 5.69 Å². The molecule has 1 N–H and O–H groups in total. The summed E-state index contributed by atoms with van der Waals surface area (Å²) in [6.45, 7) is 0. The van der Waals surface area contributed by atoms with E-state index < -0.39 is 0 Å². The van der Waals surface area contributed by atoms with Crippen LogP contribution in [-0.2, 0) is 10.2 Å². The third kappa shape index (κ3) is 2.86. The Labute approximate surface area is 153 Å². The van der Waals surface area contributed by atoms with Gasteiger partial charge in [-0.3, -0.25) is 4.79 Å². The lowest BCUT2D eigenvalue weighted by Crippen LogP contribution is -2.22. The smallest absolute Gasteiger partial charge is 0.228 e. The maximum Gasteiger partial charge on any atom is 0.228 e.